The summed E-state index contributed by atoms with van der Waals surface area (Å²) < 4.78 is 11.1. The van der Waals surface area contributed by atoms with Crippen molar-refractivity contribution in [3.8, 4) is 5.75 Å². The lowest BCUT2D eigenvalue weighted by Gasteiger charge is -2.42. The van der Waals surface area contributed by atoms with Crippen molar-refractivity contribution in [1.82, 2.24) is 4.90 Å². The molecule has 0 radical (unpaired) electrons. The van der Waals surface area contributed by atoms with Gasteiger partial charge in [-0.1, -0.05) is 30.3 Å². The first-order valence-corrected chi connectivity index (χ1v) is 8.81. The molecule has 2 atom stereocenters. The van der Waals surface area contributed by atoms with Crippen molar-refractivity contribution < 1.29 is 19.4 Å². The number of piperidine rings is 1. The summed E-state index contributed by atoms with van der Waals surface area (Å²) in [7, 11) is 1.63. The van der Waals surface area contributed by atoms with Crippen molar-refractivity contribution in [3.05, 3.63) is 65.7 Å². The van der Waals surface area contributed by atoms with Crippen molar-refractivity contribution >= 4 is 5.91 Å². The summed E-state index contributed by atoms with van der Waals surface area (Å²) in [6.07, 6.45) is 0.222. The Hall–Kier alpha value is -2.37. The molecule has 0 unspecified atom stereocenters. The molecule has 0 spiro atoms. The van der Waals surface area contributed by atoms with Crippen LogP contribution in [0.1, 0.15) is 29.3 Å². The van der Waals surface area contributed by atoms with Gasteiger partial charge in [0.25, 0.3) is 5.91 Å². The van der Waals surface area contributed by atoms with Gasteiger partial charge in [0.05, 0.1) is 13.2 Å². The summed E-state index contributed by atoms with van der Waals surface area (Å²) >= 11 is 0. The molecule has 0 bridgehead atoms. The molecule has 2 aromatic rings. The first-order chi connectivity index (χ1) is 12.5. The van der Waals surface area contributed by atoms with E-state index in [1.165, 1.54) is 0 Å². The molecule has 1 amide bonds. The van der Waals surface area contributed by atoms with Crippen LogP contribution < -0.4 is 4.74 Å². The maximum Gasteiger partial charge on any atom is 0.253 e. The van der Waals surface area contributed by atoms with Gasteiger partial charge in [0, 0.05) is 25.6 Å². The minimum Gasteiger partial charge on any atom is -0.487 e. The molecule has 0 aliphatic carbocycles. The van der Waals surface area contributed by atoms with Crippen LogP contribution in [0.4, 0.5) is 0 Å². The van der Waals surface area contributed by atoms with Gasteiger partial charge in [-0.2, -0.15) is 0 Å². The number of carbonyl (C=O) groups excluding carboxylic acids is 1. The number of aliphatic hydroxyl groups is 1. The highest BCUT2D eigenvalue weighted by molar-refractivity contribution is 5.94. The quantitative estimate of drug-likeness (QED) is 0.896. The largest absolute Gasteiger partial charge is 0.487 e. The summed E-state index contributed by atoms with van der Waals surface area (Å²) in [6.45, 7) is 2.96. The number of nitrogens with zero attached hydrogens (tertiary/aromatic N) is 1. The number of benzene rings is 2. The second kappa shape index (κ2) is 7.89. The van der Waals surface area contributed by atoms with E-state index in [4.69, 9.17) is 9.47 Å². The molecule has 1 fully saturated rings. The lowest BCUT2D eigenvalue weighted by atomic mass is 9.91. The number of amides is 1. The van der Waals surface area contributed by atoms with E-state index in [1.54, 1.807) is 25.0 Å². The van der Waals surface area contributed by atoms with Crippen LogP contribution in [0.15, 0.2) is 54.6 Å². The van der Waals surface area contributed by atoms with Crippen LogP contribution in [0.2, 0.25) is 0 Å². The summed E-state index contributed by atoms with van der Waals surface area (Å²) in [5, 5.41) is 10.9. The average molecular weight is 355 g/mol. The Morgan fingerprint density at radius 3 is 2.69 bits per heavy atom. The van der Waals surface area contributed by atoms with Gasteiger partial charge in [-0.25, -0.2) is 0 Å². The van der Waals surface area contributed by atoms with Crippen LogP contribution in [0.25, 0.3) is 0 Å². The molecule has 26 heavy (non-hydrogen) atoms. The molecule has 2 aromatic carbocycles. The Morgan fingerprint density at radius 2 is 2.00 bits per heavy atom. The monoisotopic (exact) mass is 355 g/mol. The number of likely N-dealkylation sites (tertiary alicyclic amines) is 1. The fraction of sp³-hybridized carbons (Fsp3) is 0.381. The summed E-state index contributed by atoms with van der Waals surface area (Å²) in [6, 6.07) is 16.9. The number of para-hydroxylation sites is 1. The van der Waals surface area contributed by atoms with E-state index in [0.717, 1.165) is 11.3 Å². The van der Waals surface area contributed by atoms with Gasteiger partial charge in [0.15, 0.2) is 0 Å². The number of methoxy groups -OCH3 is 1. The maximum absolute atomic E-state index is 12.8. The van der Waals surface area contributed by atoms with E-state index in [2.05, 4.69) is 0 Å². The third-order valence-electron chi connectivity index (χ3n) is 4.66. The highest BCUT2D eigenvalue weighted by Crippen LogP contribution is 2.27. The van der Waals surface area contributed by atoms with Gasteiger partial charge >= 0.3 is 0 Å². The molecule has 1 aliphatic heterocycles. The predicted octanol–water partition coefficient (Wildman–Crippen LogP) is 2.88. The van der Waals surface area contributed by atoms with Crippen molar-refractivity contribution in [1.29, 1.82) is 0 Å². The van der Waals surface area contributed by atoms with E-state index in [-0.39, 0.29) is 18.6 Å². The Kier molecular flexibility index (Phi) is 5.59. The Bertz CT molecular complexity index is 745. The molecule has 1 saturated heterocycles. The van der Waals surface area contributed by atoms with E-state index in [0.29, 0.717) is 25.1 Å². The van der Waals surface area contributed by atoms with Gasteiger partial charge in [0.1, 0.15) is 17.5 Å². The highest BCUT2D eigenvalue weighted by Gasteiger charge is 2.41. The molecule has 1 heterocycles. The van der Waals surface area contributed by atoms with E-state index in [9.17, 15) is 9.90 Å². The van der Waals surface area contributed by atoms with Crippen LogP contribution in [-0.4, -0.2) is 47.8 Å². The number of β-amino-alcohol motifs (C(OH)–C–C–N with tert-alkyl or cyclic N) is 1. The minimum absolute atomic E-state index is 0.0820. The number of hydrogen-bond acceptors (Lipinski definition) is 4. The van der Waals surface area contributed by atoms with Crippen LogP contribution >= 0.6 is 0 Å². The summed E-state index contributed by atoms with van der Waals surface area (Å²) in [5.41, 5.74) is 0.443. The minimum atomic E-state index is -1.12. The second-order valence-corrected chi connectivity index (χ2v) is 6.93. The lowest BCUT2D eigenvalue weighted by molar-refractivity contribution is -0.0899. The average Bonchev–Trinajstić information content (AvgIpc) is 2.64. The van der Waals surface area contributed by atoms with Gasteiger partial charge in [-0.05, 0) is 36.8 Å². The van der Waals surface area contributed by atoms with Crippen LogP contribution in [0, 0.1) is 0 Å². The Morgan fingerprint density at radius 1 is 1.23 bits per heavy atom. The zero-order valence-corrected chi connectivity index (χ0v) is 15.2. The lowest BCUT2D eigenvalue weighted by Crippen LogP contribution is -2.58. The first kappa shape index (κ1) is 18.4. The van der Waals surface area contributed by atoms with Gasteiger partial charge in [-0.3, -0.25) is 4.79 Å². The molecule has 1 N–H and O–H groups in total. The Labute approximate surface area is 154 Å². The van der Waals surface area contributed by atoms with Crippen molar-refractivity contribution in [2.45, 2.75) is 31.7 Å². The molecule has 138 valence electrons. The molecule has 5 heteroatoms. The fourth-order valence-electron chi connectivity index (χ4n) is 3.32. The molecular weight excluding hydrogens is 330 g/mol. The molecule has 3 rings (SSSR count). The third kappa shape index (κ3) is 4.23. The SMILES string of the molecule is COCc1cccc(C(=O)N2CC[C@H](Oc3ccccc3)[C@@](C)(O)C2)c1. The van der Waals surface area contributed by atoms with Crippen LogP contribution in [-0.2, 0) is 11.3 Å². The topological polar surface area (TPSA) is 59.0 Å². The van der Waals surface area contributed by atoms with E-state index in [1.807, 2.05) is 48.5 Å². The number of hydrogen-bond donors (Lipinski definition) is 1. The van der Waals surface area contributed by atoms with Crippen molar-refractivity contribution in [3.63, 3.8) is 0 Å². The predicted molar refractivity (Wildman–Crippen MR) is 99.2 cm³/mol. The smallest absolute Gasteiger partial charge is 0.253 e. The summed E-state index contributed by atoms with van der Waals surface area (Å²) in [5.74, 6) is 0.645. The van der Waals surface area contributed by atoms with Gasteiger partial charge in [0.2, 0.25) is 0 Å². The maximum atomic E-state index is 12.8. The van der Waals surface area contributed by atoms with Crippen molar-refractivity contribution in [2.24, 2.45) is 0 Å². The fourth-order valence-corrected chi connectivity index (χ4v) is 3.32. The second-order valence-electron chi connectivity index (χ2n) is 6.93. The van der Waals surface area contributed by atoms with E-state index >= 15 is 0 Å². The van der Waals surface area contributed by atoms with Gasteiger partial charge < -0.3 is 19.5 Å². The Balaban J connectivity index is 1.68. The van der Waals surface area contributed by atoms with Gasteiger partial charge in [-0.15, -0.1) is 0 Å². The standard InChI is InChI=1S/C21H25NO4/c1-21(24)15-22(12-11-19(21)26-18-9-4-3-5-10-18)20(23)17-8-6-7-16(13-17)14-25-2/h3-10,13,19,24H,11-12,14-15H2,1-2H3/t19-,21-/m0/s1. The molecule has 0 aromatic heterocycles. The normalized spacial score (nSPS) is 22.9. The molecular formula is C21H25NO4. The zero-order valence-electron chi connectivity index (χ0n) is 15.2. The zero-order chi connectivity index (χ0) is 18.6. The third-order valence-corrected chi connectivity index (χ3v) is 4.66. The molecule has 1 aliphatic rings. The number of ether oxygens (including phenoxy) is 2. The van der Waals surface area contributed by atoms with E-state index < -0.39 is 5.60 Å². The highest BCUT2D eigenvalue weighted by atomic mass is 16.5. The number of carbonyl (C=O) groups is 1. The van der Waals surface area contributed by atoms with Crippen LogP contribution in [0.3, 0.4) is 0 Å². The molecule has 0 saturated carbocycles. The van der Waals surface area contributed by atoms with Crippen molar-refractivity contribution in [2.75, 3.05) is 20.2 Å². The van der Waals surface area contributed by atoms with Crippen LogP contribution in [0.5, 0.6) is 5.75 Å². The molecule has 5 nitrogen and oxygen atoms in total. The number of rotatable bonds is 5. The summed E-state index contributed by atoms with van der Waals surface area (Å²) in [4.78, 5) is 14.5. The first-order valence-electron chi connectivity index (χ1n) is 8.81.